The minimum Gasteiger partial charge on any atom is -0.491 e. The molecule has 1 N–H and O–H groups in total. The van der Waals surface area contributed by atoms with Crippen molar-refractivity contribution in [3.63, 3.8) is 0 Å². The van der Waals surface area contributed by atoms with E-state index in [1.165, 1.54) is 23.4 Å². The first-order valence-corrected chi connectivity index (χ1v) is 10.5. The Hall–Kier alpha value is -1.72. The molecule has 0 saturated heterocycles. The molecule has 1 amide bonds. The molecule has 0 fully saturated rings. The molecule has 3 nitrogen and oxygen atoms in total. The lowest BCUT2D eigenvalue weighted by atomic mass is 10.1. The van der Waals surface area contributed by atoms with E-state index in [1.807, 2.05) is 32.0 Å². The second-order valence-corrected chi connectivity index (χ2v) is 7.92. The van der Waals surface area contributed by atoms with Gasteiger partial charge < -0.3 is 10.1 Å². The molecule has 0 radical (unpaired) electrons. The van der Waals surface area contributed by atoms with Gasteiger partial charge in [-0.2, -0.15) is 0 Å². The highest BCUT2D eigenvalue weighted by Gasteiger charge is 2.06. The Balaban J connectivity index is 1.63. The molecule has 0 heterocycles. The van der Waals surface area contributed by atoms with Crippen molar-refractivity contribution >= 4 is 29.3 Å². The topological polar surface area (TPSA) is 38.3 Å². The van der Waals surface area contributed by atoms with Crippen LogP contribution in [0.3, 0.4) is 0 Å². The van der Waals surface area contributed by atoms with Gasteiger partial charge in [0.1, 0.15) is 11.6 Å². The third-order valence-electron chi connectivity index (χ3n) is 3.74. The molecule has 0 aliphatic rings. The molecule has 0 atom stereocenters. The SMILES string of the molecule is CC(C)Oc1cccc(CCCNC(=O)CSCc2ccc(Cl)cc2F)c1. The van der Waals surface area contributed by atoms with E-state index in [0.29, 0.717) is 28.6 Å². The maximum atomic E-state index is 13.7. The fraction of sp³-hybridized carbons (Fsp3) is 0.381. The Labute approximate surface area is 169 Å². The molecular weight excluding hydrogens is 385 g/mol. The predicted octanol–water partition coefficient (Wildman–Crippen LogP) is 5.25. The van der Waals surface area contributed by atoms with Gasteiger partial charge in [0.2, 0.25) is 5.91 Å². The zero-order valence-electron chi connectivity index (χ0n) is 15.6. The van der Waals surface area contributed by atoms with Gasteiger partial charge in [-0.05, 0) is 62.1 Å². The third-order valence-corrected chi connectivity index (χ3v) is 4.96. The van der Waals surface area contributed by atoms with Crippen molar-refractivity contribution < 1.29 is 13.9 Å². The van der Waals surface area contributed by atoms with Gasteiger partial charge >= 0.3 is 0 Å². The summed E-state index contributed by atoms with van der Waals surface area (Å²) in [7, 11) is 0. The average molecular weight is 410 g/mol. The van der Waals surface area contributed by atoms with Gasteiger partial charge in [-0.25, -0.2) is 4.39 Å². The first kappa shape index (κ1) is 21.6. The summed E-state index contributed by atoms with van der Waals surface area (Å²) in [6, 6.07) is 12.6. The van der Waals surface area contributed by atoms with E-state index in [2.05, 4.69) is 11.4 Å². The number of carbonyl (C=O) groups excluding carboxylic acids is 1. The fourth-order valence-corrected chi connectivity index (χ4v) is 3.51. The maximum Gasteiger partial charge on any atom is 0.230 e. The van der Waals surface area contributed by atoms with E-state index in [1.54, 1.807) is 12.1 Å². The molecule has 0 aliphatic heterocycles. The normalized spacial score (nSPS) is 10.9. The smallest absolute Gasteiger partial charge is 0.230 e. The predicted molar refractivity (Wildman–Crippen MR) is 111 cm³/mol. The number of hydrogen-bond donors (Lipinski definition) is 1. The molecule has 0 unspecified atom stereocenters. The van der Waals surface area contributed by atoms with Crippen LogP contribution in [0.1, 0.15) is 31.4 Å². The van der Waals surface area contributed by atoms with Crippen LogP contribution in [0.25, 0.3) is 0 Å². The zero-order valence-corrected chi connectivity index (χ0v) is 17.2. The number of thioether (sulfide) groups is 1. The van der Waals surface area contributed by atoms with E-state index in [9.17, 15) is 9.18 Å². The van der Waals surface area contributed by atoms with Gasteiger partial charge in [0.15, 0.2) is 0 Å². The van der Waals surface area contributed by atoms with Gasteiger partial charge in [0.25, 0.3) is 0 Å². The van der Waals surface area contributed by atoms with Crippen LogP contribution in [0.5, 0.6) is 5.75 Å². The van der Waals surface area contributed by atoms with Crippen molar-refractivity contribution in [2.75, 3.05) is 12.3 Å². The van der Waals surface area contributed by atoms with Gasteiger partial charge in [-0.1, -0.05) is 29.8 Å². The van der Waals surface area contributed by atoms with Crippen LogP contribution in [0, 0.1) is 5.82 Å². The molecule has 0 spiro atoms. The monoisotopic (exact) mass is 409 g/mol. The number of rotatable bonds is 10. The summed E-state index contributed by atoms with van der Waals surface area (Å²) in [5.41, 5.74) is 1.75. The minimum absolute atomic E-state index is 0.0359. The van der Waals surface area contributed by atoms with Crippen LogP contribution in [-0.2, 0) is 17.0 Å². The van der Waals surface area contributed by atoms with Crippen LogP contribution < -0.4 is 10.1 Å². The van der Waals surface area contributed by atoms with Gasteiger partial charge in [0.05, 0.1) is 11.9 Å². The van der Waals surface area contributed by atoms with Gasteiger partial charge in [-0.15, -0.1) is 11.8 Å². The number of aryl methyl sites for hydroxylation is 1. The number of amides is 1. The number of nitrogens with one attached hydrogen (secondary N) is 1. The van der Waals surface area contributed by atoms with Gasteiger partial charge in [0, 0.05) is 17.3 Å². The van der Waals surface area contributed by atoms with Crippen LogP contribution >= 0.6 is 23.4 Å². The number of carbonyl (C=O) groups is 1. The van der Waals surface area contributed by atoms with Crippen molar-refractivity contribution in [1.29, 1.82) is 0 Å². The van der Waals surface area contributed by atoms with Crippen molar-refractivity contribution in [2.45, 2.75) is 38.5 Å². The zero-order chi connectivity index (χ0) is 19.6. The fourth-order valence-electron chi connectivity index (χ4n) is 2.51. The molecule has 2 aromatic carbocycles. The number of ether oxygens (including phenoxy) is 1. The van der Waals surface area contributed by atoms with Gasteiger partial charge in [-0.3, -0.25) is 4.79 Å². The summed E-state index contributed by atoms with van der Waals surface area (Å²) in [5.74, 6) is 1.25. The molecule has 2 rings (SSSR count). The summed E-state index contributed by atoms with van der Waals surface area (Å²) in [4.78, 5) is 11.9. The molecule has 0 aromatic heterocycles. The summed E-state index contributed by atoms with van der Waals surface area (Å²) in [6.07, 6.45) is 1.88. The van der Waals surface area contributed by atoms with E-state index in [0.717, 1.165) is 18.6 Å². The van der Waals surface area contributed by atoms with Crippen LogP contribution in [0.4, 0.5) is 4.39 Å². The molecule has 6 heteroatoms. The highest BCUT2D eigenvalue weighted by Crippen LogP contribution is 2.19. The molecule has 27 heavy (non-hydrogen) atoms. The van der Waals surface area contributed by atoms with Crippen molar-refractivity contribution in [1.82, 2.24) is 5.32 Å². The average Bonchev–Trinajstić information content (AvgIpc) is 2.60. The first-order valence-electron chi connectivity index (χ1n) is 8.98. The summed E-state index contributed by atoms with van der Waals surface area (Å²) < 4.78 is 19.4. The van der Waals surface area contributed by atoms with E-state index >= 15 is 0 Å². The summed E-state index contributed by atoms with van der Waals surface area (Å²) in [6.45, 7) is 4.62. The molecule has 0 bridgehead atoms. The van der Waals surface area contributed by atoms with E-state index < -0.39 is 0 Å². The van der Waals surface area contributed by atoms with Crippen molar-refractivity contribution in [2.24, 2.45) is 0 Å². The summed E-state index contributed by atoms with van der Waals surface area (Å²) in [5, 5.41) is 3.28. The first-order chi connectivity index (χ1) is 12.9. The molecule has 0 saturated carbocycles. The van der Waals surface area contributed by atoms with Crippen LogP contribution in [0.2, 0.25) is 5.02 Å². The maximum absolute atomic E-state index is 13.7. The quantitative estimate of drug-likeness (QED) is 0.545. The molecular formula is C21H25ClFNO2S. The Morgan fingerprint density at radius 2 is 2.07 bits per heavy atom. The van der Waals surface area contributed by atoms with E-state index in [4.69, 9.17) is 16.3 Å². The Morgan fingerprint density at radius 3 is 2.81 bits per heavy atom. The van der Waals surface area contributed by atoms with Crippen LogP contribution in [0.15, 0.2) is 42.5 Å². The van der Waals surface area contributed by atoms with Crippen LogP contribution in [-0.4, -0.2) is 24.3 Å². The highest BCUT2D eigenvalue weighted by atomic mass is 35.5. The Bertz CT molecular complexity index is 755. The Morgan fingerprint density at radius 1 is 1.26 bits per heavy atom. The molecule has 2 aromatic rings. The number of benzene rings is 2. The second-order valence-electron chi connectivity index (χ2n) is 6.50. The largest absolute Gasteiger partial charge is 0.491 e. The number of hydrogen-bond acceptors (Lipinski definition) is 3. The Kier molecular flexibility index (Phi) is 8.95. The van der Waals surface area contributed by atoms with Crippen molar-refractivity contribution in [3.8, 4) is 5.75 Å². The standard InChI is InChI=1S/C21H25ClFNO2S/c1-15(2)26-19-7-3-5-16(11-19)6-4-10-24-21(25)14-27-13-17-8-9-18(22)12-20(17)23/h3,5,7-9,11-12,15H,4,6,10,13-14H2,1-2H3,(H,24,25). The van der Waals surface area contributed by atoms with Crippen molar-refractivity contribution in [3.05, 3.63) is 64.4 Å². The second kappa shape index (κ2) is 11.2. The third kappa shape index (κ3) is 8.22. The lowest BCUT2D eigenvalue weighted by Gasteiger charge is -2.11. The minimum atomic E-state index is -0.334. The number of halogens is 2. The lowest BCUT2D eigenvalue weighted by Crippen LogP contribution is -2.26. The lowest BCUT2D eigenvalue weighted by molar-refractivity contribution is -0.118. The molecule has 0 aliphatic carbocycles. The van der Waals surface area contributed by atoms with E-state index in [-0.39, 0.29) is 17.8 Å². The molecule has 146 valence electrons. The highest BCUT2D eigenvalue weighted by molar-refractivity contribution is 7.99. The summed E-state index contributed by atoms with van der Waals surface area (Å²) >= 11 is 7.11.